The summed E-state index contributed by atoms with van der Waals surface area (Å²) in [5, 5.41) is 8.73. The van der Waals surface area contributed by atoms with Crippen LogP contribution in [0.4, 0.5) is 5.69 Å². The summed E-state index contributed by atoms with van der Waals surface area (Å²) in [5.74, 6) is -0.722. The predicted octanol–water partition coefficient (Wildman–Crippen LogP) is 1.91. The summed E-state index contributed by atoms with van der Waals surface area (Å²) in [6, 6.07) is 7.31. The quantitative estimate of drug-likeness (QED) is 0.684. The van der Waals surface area contributed by atoms with Crippen LogP contribution >= 0.6 is 15.9 Å². The molecule has 0 aliphatic heterocycles. The molecule has 0 bridgehead atoms. The van der Waals surface area contributed by atoms with E-state index in [0.29, 0.717) is 0 Å². The number of carbonyl (C=O) groups excluding carboxylic acids is 1. The molecule has 0 saturated heterocycles. The molecule has 0 aliphatic carbocycles. The van der Waals surface area contributed by atoms with Gasteiger partial charge < -0.3 is 10.6 Å². The molecule has 1 rings (SSSR count). The Balaban J connectivity index is 3.15. The molecule has 2 N–H and O–H groups in total. The van der Waals surface area contributed by atoms with Gasteiger partial charge in [-0.25, -0.2) is 0 Å². The van der Waals surface area contributed by atoms with Crippen molar-refractivity contribution in [2.24, 2.45) is 5.73 Å². The third-order valence-electron chi connectivity index (χ3n) is 2.15. The highest BCUT2D eigenvalue weighted by Crippen LogP contribution is 2.26. The summed E-state index contributed by atoms with van der Waals surface area (Å²) >= 11 is 3.43. The predicted molar refractivity (Wildman–Crippen MR) is 71.3 cm³/mol. The van der Waals surface area contributed by atoms with E-state index in [1.165, 1.54) is 6.08 Å². The topological polar surface area (TPSA) is 70.1 Å². The van der Waals surface area contributed by atoms with E-state index < -0.39 is 5.91 Å². The van der Waals surface area contributed by atoms with Crippen LogP contribution in [0.2, 0.25) is 0 Å². The van der Waals surface area contributed by atoms with Crippen LogP contribution in [0.5, 0.6) is 0 Å². The summed E-state index contributed by atoms with van der Waals surface area (Å²) in [6.45, 7) is 0. The first-order valence-electron chi connectivity index (χ1n) is 4.84. The molecule has 0 aliphatic rings. The van der Waals surface area contributed by atoms with Crippen LogP contribution in [0.25, 0.3) is 6.08 Å². The van der Waals surface area contributed by atoms with Crippen molar-refractivity contribution in [3.63, 3.8) is 0 Å². The molecule has 0 saturated carbocycles. The van der Waals surface area contributed by atoms with E-state index in [1.807, 2.05) is 37.2 Å². The van der Waals surface area contributed by atoms with Gasteiger partial charge in [-0.3, -0.25) is 4.79 Å². The molecular weight excluding hydrogens is 282 g/mol. The van der Waals surface area contributed by atoms with E-state index >= 15 is 0 Å². The second kappa shape index (κ2) is 5.51. The van der Waals surface area contributed by atoms with Gasteiger partial charge in [0.2, 0.25) is 0 Å². The minimum absolute atomic E-state index is 0.0606. The number of amides is 1. The molecule has 0 spiro atoms. The molecule has 1 aromatic rings. The Labute approximate surface area is 108 Å². The van der Waals surface area contributed by atoms with E-state index in [4.69, 9.17) is 11.0 Å². The summed E-state index contributed by atoms with van der Waals surface area (Å²) in [6.07, 6.45) is 1.46. The highest BCUT2D eigenvalue weighted by atomic mass is 79.9. The van der Waals surface area contributed by atoms with Crippen LogP contribution in [0.3, 0.4) is 0 Å². The summed E-state index contributed by atoms with van der Waals surface area (Å²) < 4.78 is 0.887. The van der Waals surface area contributed by atoms with E-state index in [1.54, 1.807) is 6.07 Å². The number of hydrogen-bond acceptors (Lipinski definition) is 3. The van der Waals surface area contributed by atoms with E-state index in [0.717, 1.165) is 15.7 Å². The van der Waals surface area contributed by atoms with Gasteiger partial charge >= 0.3 is 0 Å². The Bertz CT molecular complexity index is 515. The molecule has 4 nitrogen and oxygen atoms in total. The number of primary amides is 1. The van der Waals surface area contributed by atoms with Crippen molar-refractivity contribution in [1.29, 1.82) is 5.26 Å². The first kappa shape index (κ1) is 13.3. The maximum Gasteiger partial charge on any atom is 0.259 e. The second-order valence-electron chi connectivity index (χ2n) is 3.64. The molecule has 17 heavy (non-hydrogen) atoms. The largest absolute Gasteiger partial charge is 0.377 e. The van der Waals surface area contributed by atoms with Crippen molar-refractivity contribution in [1.82, 2.24) is 0 Å². The van der Waals surface area contributed by atoms with E-state index in [2.05, 4.69) is 15.9 Å². The van der Waals surface area contributed by atoms with Gasteiger partial charge in [0.05, 0.1) is 5.69 Å². The molecule has 0 unspecified atom stereocenters. The second-order valence-corrected chi connectivity index (χ2v) is 4.49. The number of benzene rings is 1. The molecule has 88 valence electrons. The van der Waals surface area contributed by atoms with Crippen molar-refractivity contribution in [2.45, 2.75) is 0 Å². The van der Waals surface area contributed by atoms with Crippen molar-refractivity contribution in [3.8, 4) is 6.07 Å². The van der Waals surface area contributed by atoms with Gasteiger partial charge in [0.15, 0.2) is 0 Å². The van der Waals surface area contributed by atoms with Crippen LogP contribution in [0.1, 0.15) is 5.56 Å². The highest BCUT2D eigenvalue weighted by molar-refractivity contribution is 9.10. The Hall–Kier alpha value is -1.80. The molecule has 0 aromatic heterocycles. The van der Waals surface area contributed by atoms with Gasteiger partial charge in [-0.2, -0.15) is 5.26 Å². The van der Waals surface area contributed by atoms with Gasteiger partial charge in [-0.15, -0.1) is 0 Å². The highest BCUT2D eigenvalue weighted by Gasteiger charge is 2.06. The Kier molecular flexibility index (Phi) is 4.30. The number of hydrogen-bond donors (Lipinski definition) is 1. The van der Waals surface area contributed by atoms with Gasteiger partial charge in [0.25, 0.3) is 5.91 Å². The SMILES string of the molecule is CN(C)c1ccc(/C=C(/C#N)C(N)=O)cc1Br. The Morgan fingerprint density at radius 3 is 2.59 bits per heavy atom. The van der Waals surface area contributed by atoms with Crippen molar-refractivity contribution in [3.05, 3.63) is 33.8 Å². The van der Waals surface area contributed by atoms with Crippen molar-refractivity contribution in [2.75, 3.05) is 19.0 Å². The fourth-order valence-corrected chi connectivity index (χ4v) is 2.05. The molecular formula is C12H12BrN3O. The van der Waals surface area contributed by atoms with E-state index in [9.17, 15) is 4.79 Å². The molecule has 0 atom stereocenters. The molecule has 1 amide bonds. The van der Waals surface area contributed by atoms with Gasteiger partial charge in [0, 0.05) is 18.6 Å². The number of rotatable bonds is 3. The lowest BCUT2D eigenvalue weighted by Crippen LogP contribution is -2.12. The lowest BCUT2D eigenvalue weighted by atomic mass is 10.1. The average molecular weight is 294 g/mol. The number of anilines is 1. The first-order valence-corrected chi connectivity index (χ1v) is 5.63. The Morgan fingerprint density at radius 1 is 1.53 bits per heavy atom. The summed E-state index contributed by atoms with van der Waals surface area (Å²) in [4.78, 5) is 12.9. The van der Waals surface area contributed by atoms with Crippen LogP contribution in [-0.2, 0) is 4.79 Å². The molecule has 0 heterocycles. The van der Waals surface area contributed by atoms with Gasteiger partial charge in [0.1, 0.15) is 11.6 Å². The summed E-state index contributed by atoms with van der Waals surface area (Å²) in [5.41, 5.74) is 6.76. The summed E-state index contributed by atoms with van der Waals surface area (Å²) in [7, 11) is 3.86. The number of nitrogens with two attached hydrogens (primary N) is 1. The van der Waals surface area contributed by atoms with Crippen LogP contribution in [0.15, 0.2) is 28.2 Å². The zero-order valence-electron chi connectivity index (χ0n) is 9.57. The van der Waals surface area contributed by atoms with Crippen molar-refractivity contribution >= 4 is 33.6 Å². The van der Waals surface area contributed by atoms with Crippen LogP contribution < -0.4 is 10.6 Å². The van der Waals surface area contributed by atoms with Gasteiger partial charge in [-0.05, 0) is 39.7 Å². The number of nitrogens with zero attached hydrogens (tertiary/aromatic N) is 2. The lowest BCUT2D eigenvalue weighted by Gasteiger charge is -2.14. The normalized spacial score (nSPS) is 10.8. The zero-order valence-corrected chi connectivity index (χ0v) is 11.2. The monoisotopic (exact) mass is 293 g/mol. The smallest absolute Gasteiger partial charge is 0.259 e. The third-order valence-corrected chi connectivity index (χ3v) is 2.79. The first-order chi connectivity index (χ1) is 7.95. The minimum Gasteiger partial charge on any atom is -0.377 e. The minimum atomic E-state index is -0.722. The maximum atomic E-state index is 10.9. The van der Waals surface area contributed by atoms with Crippen LogP contribution in [-0.4, -0.2) is 20.0 Å². The van der Waals surface area contributed by atoms with Gasteiger partial charge in [-0.1, -0.05) is 6.07 Å². The number of halogens is 1. The Morgan fingerprint density at radius 2 is 2.18 bits per heavy atom. The molecule has 0 radical (unpaired) electrons. The van der Waals surface area contributed by atoms with Crippen molar-refractivity contribution < 1.29 is 4.79 Å². The fourth-order valence-electron chi connectivity index (χ4n) is 1.30. The standard InChI is InChI=1S/C12H12BrN3O/c1-16(2)11-4-3-8(6-10(11)13)5-9(7-14)12(15)17/h3-6H,1-2H3,(H2,15,17)/b9-5-. The van der Waals surface area contributed by atoms with E-state index in [-0.39, 0.29) is 5.57 Å². The average Bonchev–Trinajstić information content (AvgIpc) is 2.24. The number of carbonyl (C=O) groups is 1. The van der Waals surface area contributed by atoms with Crippen LogP contribution in [0, 0.1) is 11.3 Å². The lowest BCUT2D eigenvalue weighted by molar-refractivity contribution is -0.114. The molecule has 0 fully saturated rings. The molecule has 1 aromatic carbocycles. The molecule has 5 heteroatoms. The number of nitriles is 1. The zero-order chi connectivity index (χ0) is 13.0. The third kappa shape index (κ3) is 3.33. The fraction of sp³-hybridized carbons (Fsp3) is 0.167. The maximum absolute atomic E-state index is 10.9.